The second-order valence-corrected chi connectivity index (χ2v) is 4.57. The average molecular weight is 288 g/mol. The molecule has 0 radical (unpaired) electrons. The number of hydrogen-bond donors (Lipinski definition) is 3. The Morgan fingerprint density at radius 1 is 1.29 bits per heavy atom. The van der Waals surface area contributed by atoms with Gasteiger partial charge in [0, 0.05) is 12.5 Å². The van der Waals surface area contributed by atoms with Crippen molar-refractivity contribution >= 4 is 12.0 Å². The third-order valence-corrected chi connectivity index (χ3v) is 2.88. The SMILES string of the molecule is CC#CCNC(=O)NC(CCC(=O)O)Cc1ccccc1. The van der Waals surface area contributed by atoms with Gasteiger partial charge in [-0.1, -0.05) is 36.3 Å². The fourth-order valence-electron chi connectivity index (χ4n) is 1.87. The Bertz CT molecular complexity index is 517. The first-order chi connectivity index (χ1) is 10.1. The van der Waals surface area contributed by atoms with Crippen molar-refractivity contribution in [1.82, 2.24) is 10.6 Å². The minimum Gasteiger partial charge on any atom is -0.481 e. The normalized spacial score (nSPS) is 10.9. The molecule has 5 heteroatoms. The molecule has 0 bridgehead atoms. The molecular formula is C16H20N2O3. The molecule has 1 aromatic rings. The number of rotatable bonds is 7. The molecule has 0 aromatic heterocycles. The molecule has 0 saturated carbocycles. The monoisotopic (exact) mass is 288 g/mol. The van der Waals surface area contributed by atoms with Gasteiger partial charge in [-0.2, -0.15) is 0 Å². The van der Waals surface area contributed by atoms with E-state index in [-0.39, 0.29) is 25.0 Å². The number of carbonyl (C=O) groups is 2. The molecule has 21 heavy (non-hydrogen) atoms. The van der Waals surface area contributed by atoms with E-state index in [1.165, 1.54) is 0 Å². The van der Waals surface area contributed by atoms with Gasteiger partial charge in [0.15, 0.2) is 0 Å². The van der Waals surface area contributed by atoms with Crippen LogP contribution in [0.2, 0.25) is 0 Å². The lowest BCUT2D eigenvalue weighted by Gasteiger charge is -2.18. The minimum absolute atomic E-state index is 0.0204. The summed E-state index contributed by atoms with van der Waals surface area (Å²) in [5.74, 6) is 4.55. The Kier molecular flexibility index (Phi) is 7.44. The van der Waals surface area contributed by atoms with Gasteiger partial charge in [-0.3, -0.25) is 4.79 Å². The van der Waals surface area contributed by atoms with Crippen LogP contribution in [-0.2, 0) is 11.2 Å². The van der Waals surface area contributed by atoms with E-state index in [1.54, 1.807) is 6.92 Å². The number of hydrogen-bond acceptors (Lipinski definition) is 2. The van der Waals surface area contributed by atoms with Crippen LogP contribution in [-0.4, -0.2) is 29.7 Å². The molecule has 1 rings (SSSR count). The van der Waals surface area contributed by atoms with Crippen LogP contribution in [0.5, 0.6) is 0 Å². The second-order valence-electron chi connectivity index (χ2n) is 4.57. The smallest absolute Gasteiger partial charge is 0.315 e. The summed E-state index contributed by atoms with van der Waals surface area (Å²) < 4.78 is 0. The fraction of sp³-hybridized carbons (Fsp3) is 0.375. The van der Waals surface area contributed by atoms with Gasteiger partial charge in [-0.05, 0) is 25.3 Å². The van der Waals surface area contributed by atoms with Crippen molar-refractivity contribution in [3.8, 4) is 11.8 Å². The van der Waals surface area contributed by atoms with E-state index in [0.717, 1.165) is 5.56 Å². The molecule has 1 unspecified atom stereocenters. The van der Waals surface area contributed by atoms with Crippen LogP contribution >= 0.6 is 0 Å². The van der Waals surface area contributed by atoms with E-state index < -0.39 is 5.97 Å². The molecule has 0 aliphatic heterocycles. The van der Waals surface area contributed by atoms with Crippen molar-refractivity contribution in [2.45, 2.75) is 32.2 Å². The number of nitrogens with one attached hydrogen (secondary N) is 2. The lowest BCUT2D eigenvalue weighted by atomic mass is 10.0. The van der Waals surface area contributed by atoms with Gasteiger partial charge in [0.05, 0.1) is 6.54 Å². The maximum atomic E-state index is 11.7. The maximum Gasteiger partial charge on any atom is 0.315 e. The summed E-state index contributed by atoms with van der Waals surface area (Å²) in [4.78, 5) is 22.4. The Morgan fingerprint density at radius 2 is 2.00 bits per heavy atom. The molecule has 1 atom stereocenters. The van der Waals surface area contributed by atoms with Crippen LogP contribution in [0.1, 0.15) is 25.3 Å². The summed E-state index contributed by atoms with van der Waals surface area (Å²) in [7, 11) is 0. The van der Waals surface area contributed by atoms with Crippen molar-refractivity contribution in [2.24, 2.45) is 0 Å². The van der Waals surface area contributed by atoms with E-state index in [2.05, 4.69) is 22.5 Å². The standard InChI is InChI=1S/C16H20N2O3/c1-2-3-11-17-16(21)18-14(9-10-15(19)20)12-13-7-5-4-6-8-13/h4-8,14H,9-12H2,1H3,(H,19,20)(H2,17,18,21). The van der Waals surface area contributed by atoms with Crippen LogP contribution < -0.4 is 10.6 Å². The zero-order valence-electron chi connectivity index (χ0n) is 12.1. The van der Waals surface area contributed by atoms with E-state index in [9.17, 15) is 9.59 Å². The van der Waals surface area contributed by atoms with E-state index in [0.29, 0.717) is 12.8 Å². The third-order valence-electron chi connectivity index (χ3n) is 2.88. The predicted octanol–water partition coefficient (Wildman–Crippen LogP) is 1.78. The van der Waals surface area contributed by atoms with Crippen LogP contribution in [0.25, 0.3) is 0 Å². The summed E-state index contributed by atoms with van der Waals surface area (Å²) in [6.07, 6.45) is 1.00. The molecule has 0 spiro atoms. The topological polar surface area (TPSA) is 78.4 Å². The largest absolute Gasteiger partial charge is 0.481 e. The second kappa shape index (κ2) is 9.43. The molecule has 0 aliphatic carbocycles. The zero-order valence-corrected chi connectivity index (χ0v) is 12.1. The van der Waals surface area contributed by atoms with Crippen LogP contribution in [0.15, 0.2) is 30.3 Å². The summed E-state index contributed by atoms with van der Waals surface area (Å²) in [5, 5.41) is 14.2. The first-order valence-electron chi connectivity index (χ1n) is 6.81. The highest BCUT2D eigenvalue weighted by atomic mass is 16.4. The highest BCUT2D eigenvalue weighted by molar-refractivity contribution is 5.74. The average Bonchev–Trinajstić information content (AvgIpc) is 2.46. The Labute approximate surface area is 124 Å². The highest BCUT2D eigenvalue weighted by Crippen LogP contribution is 2.07. The van der Waals surface area contributed by atoms with Crippen molar-refractivity contribution in [2.75, 3.05) is 6.54 Å². The van der Waals surface area contributed by atoms with Gasteiger partial charge in [0.25, 0.3) is 0 Å². The van der Waals surface area contributed by atoms with Crippen molar-refractivity contribution in [3.05, 3.63) is 35.9 Å². The van der Waals surface area contributed by atoms with Gasteiger partial charge in [-0.25, -0.2) is 4.79 Å². The number of urea groups is 1. The molecule has 0 aliphatic rings. The molecule has 2 amide bonds. The number of carboxylic acids is 1. The molecule has 5 nitrogen and oxygen atoms in total. The molecule has 112 valence electrons. The van der Waals surface area contributed by atoms with E-state index >= 15 is 0 Å². The van der Waals surface area contributed by atoms with Crippen LogP contribution in [0.3, 0.4) is 0 Å². The van der Waals surface area contributed by atoms with Crippen LogP contribution in [0, 0.1) is 11.8 Å². The van der Waals surface area contributed by atoms with E-state index in [1.807, 2.05) is 30.3 Å². The van der Waals surface area contributed by atoms with Gasteiger partial charge in [-0.15, -0.1) is 5.92 Å². The molecule has 0 saturated heterocycles. The number of carbonyl (C=O) groups excluding carboxylic acids is 1. The number of benzene rings is 1. The lowest BCUT2D eigenvalue weighted by molar-refractivity contribution is -0.137. The van der Waals surface area contributed by atoms with Gasteiger partial charge < -0.3 is 15.7 Å². The zero-order chi connectivity index (χ0) is 15.5. The number of carboxylic acid groups (broad SMARTS) is 1. The Balaban J connectivity index is 2.56. The van der Waals surface area contributed by atoms with Gasteiger partial charge >= 0.3 is 12.0 Å². The third kappa shape index (κ3) is 7.63. The summed E-state index contributed by atoms with van der Waals surface area (Å²) in [6, 6.07) is 9.11. The first-order valence-corrected chi connectivity index (χ1v) is 6.81. The lowest BCUT2D eigenvalue weighted by Crippen LogP contribution is -2.43. The molecular weight excluding hydrogens is 268 g/mol. The molecule has 0 heterocycles. The summed E-state index contributed by atoms with van der Waals surface area (Å²) in [6.45, 7) is 1.98. The minimum atomic E-state index is -0.868. The Morgan fingerprint density at radius 3 is 2.62 bits per heavy atom. The molecule has 0 fully saturated rings. The first kappa shape index (κ1) is 16.6. The fourth-order valence-corrected chi connectivity index (χ4v) is 1.87. The van der Waals surface area contributed by atoms with Crippen molar-refractivity contribution in [1.29, 1.82) is 0 Å². The van der Waals surface area contributed by atoms with Crippen molar-refractivity contribution in [3.63, 3.8) is 0 Å². The molecule has 3 N–H and O–H groups in total. The maximum absolute atomic E-state index is 11.7. The summed E-state index contributed by atoms with van der Waals surface area (Å²) >= 11 is 0. The predicted molar refractivity (Wildman–Crippen MR) is 80.8 cm³/mol. The summed E-state index contributed by atoms with van der Waals surface area (Å²) in [5.41, 5.74) is 1.06. The Hall–Kier alpha value is -2.48. The quantitative estimate of drug-likeness (QED) is 0.669. The van der Waals surface area contributed by atoms with Crippen molar-refractivity contribution < 1.29 is 14.7 Å². The highest BCUT2D eigenvalue weighted by Gasteiger charge is 2.14. The van der Waals surface area contributed by atoms with Gasteiger partial charge in [0.2, 0.25) is 0 Å². The molecule has 1 aromatic carbocycles. The van der Waals surface area contributed by atoms with Crippen LogP contribution in [0.4, 0.5) is 4.79 Å². The van der Waals surface area contributed by atoms with Gasteiger partial charge in [0.1, 0.15) is 0 Å². The number of amides is 2. The van der Waals surface area contributed by atoms with E-state index in [4.69, 9.17) is 5.11 Å². The number of aliphatic carboxylic acids is 1.